The van der Waals surface area contributed by atoms with Crippen LogP contribution in [0.4, 0.5) is 11.4 Å². The Hall–Kier alpha value is -0.740. The Bertz CT molecular complexity index is 424. The predicted molar refractivity (Wildman–Crippen MR) is 73.3 cm³/mol. The summed E-state index contributed by atoms with van der Waals surface area (Å²) >= 11 is 3.45. The largest absolute Gasteiger partial charge is 0.397 e. The summed E-state index contributed by atoms with van der Waals surface area (Å²) in [5.41, 5.74) is 8.14. The van der Waals surface area contributed by atoms with Crippen LogP contribution >= 0.6 is 15.9 Å². The van der Waals surface area contributed by atoms with Gasteiger partial charge >= 0.3 is 0 Å². The fraction of sp³-hybridized carbons (Fsp3) is 0.538. The minimum absolute atomic E-state index is 0.409. The molecule has 2 N–H and O–H groups in total. The van der Waals surface area contributed by atoms with Gasteiger partial charge in [0, 0.05) is 11.0 Å². The third kappa shape index (κ3) is 2.04. The number of hydrogen-bond donors (Lipinski definition) is 1. The van der Waals surface area contributed by atoms with Gasteiger partial charge in [0.25, 0.3) is 0 Å². The highest BCUT2D eigenvalue weighted by Gasteiger charge is 2.36. The van der Waals surface area contributed by atoms with Crippen LogP contribution in [0.3, 0.4) is 0 Å². The minimum Gasteiger partial charge on any atom is -0.397 e. The lowest BCUT2D eigenvalue weighted by Gasteiger charge is -2.39. The molecular formula is C13H17BrN2O. The molecule has 1 saturated carbocycles. The molecule has 1 aliphatic carbocycles. The van der Waals surface area contributed by atoms with Gasteiger partial charge in [-0.2, -0.15) is 0 Å². The van der Waals surface area contributed by atoms with Crippen molar-refractivity contribution >= 4 is 27.3 Å². The normalized spacial score (nSPS) is 28.2. The van der Waals surface area contributed by atoms with Gasteiger partial charge in [0.2, 0.25) is 0 Å². The number of halogens is 1. The Morgan fingerprint density at radius 2 is 2.24 bits per heavy atom. The van der Waals surface area contributed by atoms with Crippen LogP contribution in [0.15, 0.2) is 22.7 Å². The third-order valence-electron chi connectivity index (χ3n) is 3.78. The molecule has 1 aliphatic heterocycles. The van der Waals surface area contributed by atoms with E-state index in [1.54, 1.807) is 0 Å². The summed E-state index contributed by atoms with van der Waals surface area (Å²) in [6.07, 6.45) is 4.09. The Morgan fingerprint density at radius 3 is 3.06 bits per heavy atom. The van der Waals surface area contributed by atoms with Crippen LogP contribution in [0, 0.1) is 0 Å². The van der Waals surface area contributed by atoms with Gasteiger partial charge in [0.1, 0.15) is 0 Å². The summed E-state index contributed by atoms with van der Waals surface area (Å²) in [7, 11) is 0. The Morgan fingerprint density at radius 1 is 1.35 bits per heavy atom. The molecule has 92 valence electrons. The number of nitrogen functional groups attached to an aromatic ring is 1. The molecule has 2 unspecified atom stereocenters. The molecule has 3 nitrogen and oxygen atoms in total. The lowest BCUT2D eigenvalue weighted by Crippen LogP contribution is -2.48. The molecule has 3 rings (SSSR count). The fourth-order valence-electron chi connectivity index (χ4n) is 3.01. The van der Waals surface area contributed by atoms with Crippen molar-refractivity contribution in [1.82, 2.24) is 0 Å². The molecule has 1 aromatic carbocycles. The quantitative estimate of drug-likeness (QED) is 0.810. The number of benzene rings is 1. The zero-order chi connectivity index (χ0) is 11.8. The minimum atomic E-state index is 0.409. The van der Waals surface area contributed by atoms with Crippen molar-refractivity contribution in [1.29, 1.82) is 0 Å². The maximum Gasteiger partial charge on any atom is 0.0779 e. The van der Waals surface area contributed by atoms with Gasteiger partial charge in [-0.05, 0) is 37.5 Å². The van der Waals surface area contributed by atoms with Crippen molar-refractivity contribution in [2.45, 2.75) is 31.4 Å². The number of fused-ring (bicyclic) bond motifs is 1. The highest BCUT2D eigenvalue weighted by Crippen LogP contribution is 2.36. The van der Waals surface area contributed by atoms with E-state index in [0.29, 0.717) is 12.1 Å². The molecule has 2 fully saturated rings. The van der Waals surface area contributed by atoms with Crippen LogP contribution in [0.2, 0.25) is 0 Å². The Kier molecular flexibility index (Phi) is 3.01. The van der Waals surface area contributed by atoms with Crippen molar-refractivity contribution in [3.63, 3.8) is 0 Å². The topological polar surface area (TPSA) is 38.5 Å². The summed E-state index contributed by atoms with van der Waals surface area (Å²) < 4.78 is 6.86. The average Bonchev–Trinajstić information content (AvgIpc) is 2.77. The number of rotatable bonds is 1. The van der Waals surface area contributed by atoms with E-state index in [1.165, 1.54) is 19.3 Å². The molecule has 0 bridgehead atoms. The van der Waals surface area contributed by atoms with Gasteiger partial charge in [-0.15, -0.1) is 0 Å². The fourth-order valence-corrected chi connectivity index (χ4v) is 3.39. The molecule has 1 saturated heterocycles. The van der Waals surface area contributed by atoms with E-state index in [1.807, 2.05) is 6.07 Å². The maximum absolute atomic E-state index is 6.12. The summed E-state index contributed by atoms with van der Waals surface area (Å²) in [5.74, 6) is 0. The summed E-state index contributed by atoms with van der Waals surface area (Å²) in [4.78, 5) is 2.43. The molecule has 0 radical (unpaired) electrons. The second-order valence-corrected chi connectivity index (χ2v) is 5.72. The number of hydrogen-bond acceptors (Lipinski definition) is 3. The molecule has 4 heteroatoms. The van der Waals surface area contributed by atoms with E-state index in [2.05, 4.69) is 33.0 Å². The third-order valence-corrected chi connectivity index (χ3v) is 4.27. The summed E-state index contributed by atoms with van der Waals surface area (Å²) in [6.45, 7) is 1.77. The predicted octanol–water partition coefficient (Wildman–Crippen LogP) is 2.79. The van der Waals surface area contributed by atoms with Crippen LogP contribution in [0.1, 0.15) is 19.3 Å². The molecule has 1 aromatic rings. The van der Waals surface area contributed by atoms with Crippen LogP contribution in [-0.2, 0) is 4.74 Å². The van der Waals surface area contributed by atoms with Crippen molar-refractivity contribution < 1.29 is 4.74 Å². The summed E-state index contributed by atoms with van der Waals surface area (Å²) in [6, 6.07) is 6.67. The lowest BCUT2D eigenvalue weighted by molar-refractivity contribution is 0.0257. The zero-order valence-corrected chi connectivity index (χ0v) is 11.3. The molecule has 0 aromatic heterocycles. The first kappa shape index (κ1) is 11.4. The van der Waals surface area contributed by atoms with Gasteiger partial charge < -0.3 is 15.4 Å². The average molecular weight is 297 g/mol. The highest BCUT2D eigenvalue weighted by molar-refractivity contribution is 9.10. The Balaban J connectivity index is 1.91. The smallest absolute Gasteiger partial charge is 0.0779 e. The van der Waals surface area contributed by atoms with E-state index in [-0.39, 0.29) is 0 Å². The van der Waals surface area contributed by atoms with E-state index >= 15 is 0 Å². The first-order valence-electron chi connectivity index (χ1n) is 6.19. The van der Waals surface area contributed by atoms with Crippen LogP contribution in [-0.4, -0.2) is 25.3 Å². The number of anilines is 2. The maximum atomic E-state index is 6.12. The molecular weight excluding hydrogens is 280 g/mol. The van der Waals surface area contributed by atoms with Gasteiger partial charge in [-0.1, -0.05) is 15.9 Å². The second kappa shape index (κ2) is 4.50. The van der Waals surface area contributed by atoms with Crippen molar-refractivity contribution in [2.24, 2.45) is 0 Å². The van der Waals surface area contributed by atoms with E-state index < -0.39 is 0 Å². The van der Waals surface area contributed by atoms with Crippen LogP contribution in [0.5, 0.6) is 0 Å². The molecule has 1 heterocycles. The summed E-state index contributed by atoms with van der Waals surface area (Å²) in [5, 5.41) is 0. The first-order valence-corrected chi connectivity index (χ1v) is 6.98. The SMILES string of the molecule is Nc1cc(Br)ccc1N1CCOC2CCCC21. The standard InChI is InChI=1S/C13H17BrN2O/c14-9-4-5-11(10(15)8-9)16-6-7-17-13-3-1-2-12(13)16/h4-5,8,12-13H,1-3,6-7,15H2. The van der Waals surface area contributed by atoms with Crippen LogP contribution in [0.25, 0.3) is 0 Å². The van der Waals surface area contributed by atoms with Gasteiger partial charge in [-0.3, -0.25) is 0 Å². The first-order chi connectivity index (χ1) is 8.25. The monoisotopic (exact) mass is 296 g/mol. The lowest BCUT2D eigenvalue weighted by atomic mass is 10.1. The number of ether oxygens (including phenoxy) is 1. The Labute approximate surface area is 110 Å². The number of nitrogens with zero attached hydrogens (tertiary/aromatic N) is 1. The van der Waals surface area contributed by atoms with Gasteiger partial charge in [0.15, 0.2) is 0 Å². The van der Waals surface area contributed by atoms with Crippen molar-refractivity contribution in [2.75, 3.05) is 23.8 Å². The molecule has 17 heavy (non-hydrogen) atoms. The van der Waals surface area contributed by atoms with Crippen molar-refractivity contribution in [3.8, 4) is 0 Å². The molecule has 2 aliphatic rings. The van der Waals surface area contributed by atoms with Crippen molar-refractivity contribution in [3.05, 3.63) is 22.7 Å². The number of morpholine rings is 1. The van der Waals surface area contributed by atoms with E-state index in [0.717, 1.165) is 29.0 Å². The van der Waals surface area contributed by atoms with E-state index in [9.17, 15) is 0 Å². The number of nitrogens with two attached hydrogens (primary N) is 1. The molecule has 0 amide bonds. The highest BCUT2D eigenvalue weighted by atomic mass is 79.9. The van der Waals surface area contributed by atoms with Gasteiger partial charge in [-0.25, -0.2) is 0 Å². The second-order valence-electron chi connectivity index (χ2n) is 4.80. The zero-order valence-electron chi connectivity index (χ0n) is 9.73. The molecule has 2 atom stereocenters. The van der Waals surface area contributed by atoms with Gasteiger partial charge in [0.05, 0.1) is 30.1 Å². The van der Waals surface area contributed by atoms with Crippen LogP contribution < -0.4 is 10.6 Å². The molecule has 0 spiro atoms. The van der Waals surface area contributed by atoms with E-state index in [4.69, 9.17) is 10.5 Å².